The highest BCUT2D eigenvalue weighted by Gasteiger charge is 2.39. The van der Waals surface area contributed by atoms with Gasteiger partial charge < -0.3 is 39.1 Å². The van der Waals surface area contributed by atoms with Crippen molar-refractivity contribution in [3.63, 3.8) is 0 Å². The van der Waals surface area contributed by atoms with E-state index in [1.165, 1.54) is 44.9 Å². The number of amides is 1. The van der Waals surface area contributed by atoms with Gasteiger partial charge in [-0.25, -0.2) is 0 Å². The summed E-state index contributed by atoms with van der Waals surface area (Å²) < 4.78 is 23.1. The average molecular weight is 773 g/mol. The number of likely N-dealkylation sites (N-methyl/N-ethyl adjacent to an activating group) is 1. The van der Waals surface area contributed by atoms with Gasteiger partial charge in [0.25, 0.3) is 7.82 Å². The van der Waals surface area contributed by atoms with Crippen LogP contribution in [-0.4, -0.2) is 96.7 Å². The quantitative estimate of drug-likeness (QED) is 0.0240. The van der Waals surface area contributed by atoms with Crippen LogP contribution in [0.3, 0.4) is 0 Å². The number of nitrogens with zero attached hydrogens (tertiary/aromatic N) is 1. The van der Waals surface area contributed by atoms with Gasteiger partial charge in [0.2, 0.25) is 5.91 Å². The number of phosphoric ester groups is 1. The molecule has 0 bridgehead atoms. The van der Waals surface area contributed by atoms with E-state index < -0.39 is 38.8 Å². The first-order valence-corrected chi connectivity index (χ1v) is 22.3. The molecule has 310 valence electrons. The second-order valence-electron chi connectivity index (χ2n) is 16.1. The SMILES string of the molecule is CCCCCCCCCCC/C=C/[C@@H](O)[C@H](COP(=O)([O-])OCC[N+](C)(C)C)NC(=O)CCCCCC[C@H]1[C@@H](O)CC(=O)[C@@H]1/C=C/[C@@H](O)CCCCC. The number of unbranched alkanes of at least 4 members (excludes halogenated alkanes) is 14. The first kappa shape index (κ1) is 49.6. The number of hydrogen-bond donors (Lipinski definition) is 4. The molecule has 1 fully saturated rings. The Morgan fingerprint density at radius 3 is 2.17 bits per heavy atom. The predicted octanol–water partition coefficient (Wildman–Crippen LogP) is 6.92. The number of carbonyl (C=O) groups is 2. The van der Waals surface area contributed by atoms with Gasteiger partial charge in [-0.1, -0.05) is 128 Å². The van der Waals surface area contributed by atoms with Gasteiger partial charge in [-0.15, -0.1) is 0 Å². The number of rotatable bonds is 33. The molecule has 1 saturated carbocycles. The van der Waals surface area contributed by atoms with Crippen LogP contribution in [0.1, 0.15) is 149 Å². The van der Waals surface area contributed by atoms with E-state index in [1.54, 1.807) is 18.2 Å². The minimum Gasteiger partial charge on any atom is -0.756 e. The molecule has 0 aliphatic heterocycles. The van der Waals surface area contributed by atoms with E-state index in [0.29, 0.717) is 30.3 Å². The van der Waals surface area contributed by atoms with Crippen LogP contribution < -0.4 is 10.2 Å². The van der Waals surface area contributed by atoms with Gasteiger partial charge >= 0.3 is 0 Å². The van der Waals surface area contributed by atoms with Crippen molar-refractivity contribution in [3.05, 3.63) is 24.3 Å². The van der Waals surface area contributed by atoms with Crippen molar-refractivity contribution in [1.82, 2.24) is 5.32 Å². The number of ketones is 1. The van der Waals surface area contributed by atoms with Gasteiger partial charge in [0.05, 0.1) is 52.1 Å². The van der Waals surface area contributed by atoms with E-state index >= 15 is 0 Å². The Morgan fingerprint density at radius 1 is 0.906 bits per heavy atom. The molecule has 4 N–H and O–H groups in total. The molecule has 0 spiro atoms. The summed E-state index contributed by atoms with van der Waals surface area (Å²) in [7, 11) is 1.11. The van der Waals surface area contributed by atoms with Crippen molar-refractivity contribution < 1.29 is 47.9 Å². The Bertz CT molecular complexity index is 1080. The second-order valence-corrected chi connectivity index (χ2v) is 17.5. The summed E-state index contributed by atoms with van der Waals surface area (Å²) in [4.78, 5) is 37.9. The number of quaternary nitrogens is 1. The fraction of sp³-hybridized carbons (Fsp3) is 0.854. The van der Waals surface area contributed by atoms with E-state index in [2.05, 4.69) is 19.2 Å². The Morgan fingerprint density at radius 2 is 1.51 bits per heavy atom. The molecule has 1 aliphatic carbocycles. The first-order chi connectivity index (χ1) is 25.2. The lowest BCUT2D eigenvalue weighted by atomic mass is 9.88. The normalized spacial score (nSPS) is 21.0. The molecule has 11 nitrogen and oxygen atoms in total. The number of nitrogens with one attached hydrogen (secondary N) is 1. The van der Waals surface area contributed by atoms with E-state index in [1.807, 2.05) is 27.2 Å². The number of hydrogen-bond acceptors (Lipinski definition) is 9. The molecule has 0 aromatic rings. The molecule has 0 heterocycles. The largest absolute Gasteiger partial charge is 0.756 e. The third-order valence-electron chi connectivity index (χ3n) is 10.1. The summed E-state index contributed by atoms with van der Waals surface area (Å²) in [5.74, 6) is -0.849. The average Bonchev–Trinajstić information content (AvgIpc) is 3.36. The molecule has 1 rings (SSSR count). The molecule has 0 saturated heterocycles. The number of aliphatic hydroxyl groups excluding tert-OH is 3. The summed E-state index contributed by atoms with van der Waals surface area (Å²) in [5, 5.41) is 34.5. The van der Waals surface area contributed by atoms with Crippen molar-refractivity contribution in [1.29, 1.82) is 0 Å². The summed E-state index contributed by atoms with van der Waals surface area (Å²) in [6, 6.07) is -0.970. The monoisotopic (exact) mass is 773 g/mol. The topological polar surface area (TPSA) is 165 Å². The van der Waals surface area contributed by atoms with Gasteiger partial charge in [0.15, 0.2) is 0 Å². The van der Waals surface area contributed by atoms with Crippen molar-refractivity contribution in [2.24, 2.45) is 11.8 Å². The van der Waals surface area contributed by atoms with Crippen LogP contribution in [0.4, 0.5) is 0 Å². The standard InChI is InChI=1S/C41H77N2O9P/c1-6-8-10-11-12-13-14-15-16-17-22-26-38(45)37(33-52-53(49,50)51-31-30-43(3,4)5)42-41(48)27-23-19-18-21-25-35-36(40(47)32-39(35)46)29-28-34(44)24-20-9-7-2/h22,26,28-29,34-39,44-46H,6-21,23-25,27,30-33H2,1-5H3,(H-,42,48,49,50)/b26-22+,29-28+/t34-,35+,36+,37-,38+,39-/m0/s1. The molecule has 1 unspecified atom stereocenters. The van der Waals surface area contributed by atoms with Crippen LogP contribution in [0.15, 0.2) is 24.3 Å². The molecule has 12 heteroatoms. The molecule has 7 atom stereocenters. The minimum absolute atomic E-state index is 0.0132. The van der Waals surface area contributed by atoms with Crippen LogP contribution in [0.25, 0.3) is 0 Å². The highest BCUT2D eigenvalue weighted by molar-refractivity contribution is 7.45. The molecule has 53 heavy (non-hydrogen) atoms. The van der Waals surface area contributed by atoms with Crippen LogP contribution in [0, 0.1) is 11.8 Å². The second kappa shape index (κ2) is 28.9. The van der Waals surface area contributed by atoms with E-state index in [-0.39, 0.29) is 43.0 Å². The van der Waals surface area contributed by atoms with Gasteiger partial charge in [-0.3, -0.25) is 14.2 Å². The maximum atomic E-state index is 12.9. The lowest BCUT2D eigenvalue weighted by Crippen LogP contribution is -2.45. The summed E-state index contributed by atoms with van der Waals surface area (Å²) in [5.41, 5.74) is 0. The number of Topliss-reactive ketones (excluding diaryl/α,β-unsaturated/α-hetero) is 1. The summed E-state index contributed by atoms with van der Waals surface area (Å²) in [6.07, 6.45) is 24.1. The molecule has 1 amide bonds. The number of carbonyl (C=O) groups excluding carboxylic acids is 2. The first-order valence-electron chi connectivity index (χ1n) is 20.8. The van der Waals surface area contributed by atoms with E-state index in [0.717, 1.165) is 57.8 Å². The van der Waals surface area contributed by atoms with Crippen molar-refractivity contribution in [2.45, 2.75) is 173 Å². The molecule has 0 radical (unpaired) electrons. The Hall–Kier alpha value is -1.43. The van der Waals surface area contributed by atoms with Crippen LogP contribution in [0.2, 0.25) is 0 Å². The zero-order valence-corrected chi connectivity index (χ0v) is 34.8. The van der Waals surface area contributed by atoms with E-state index in [9.17, 15) is 34.4 Å². The molecule has 0 aromatic heterocycles. The van der Waals surface area contributed by atoms with Crippen LogP contribution in [-0.2, 0) is 23.2 Å². The van der Waals surface area contributed by atoms with Crippen LogP contribution >= 0.6 is 7.82 Å². The van der Waals surface area contributed by atoms with Gasteiger partial charge in [0.1, 0.15) is 18.9 Å². The minimum atomic E-state index is -4.65. The Balaban J connectivity index is 2.58. The molecule has 0 aromatic carbocycles. The van der Waals surface area contributed by atoms with Crippen molar-refractivity contribution in [3.8, 4) is 0 Å². The summed E-state index contributed by atoms with van der Waals surface area (Å²) >= 11 is 0. The third-order valence-corrected chi connectivity index (χ3v) is 11.0. The predicted molar refractivity (Wildman–Crippen MR) is 211 cm³/mol. The number of aliphatic hydroxyl groups is 3. The molecular weight excluding hydrogens is 695 g/mol. The Kier molecular flexibility index (Phi) is 27.0. The van der Waals surface area contributed by atoms with Crippen molar-refractivity contribution in [2.75, 3.05) is 40.9 Å². The van der Waals surface area contributed by atoms with Crippen LogP contribution in [0.5, 0.6) is 0 Å². The zero-order valence-electron chi connectivity index (χ0n) is 33.9. The maximum absolute atomic E-state index is 12.9. The maximum Gasteiger partial charge on any atom is 0.268 e. The van der Waals surface area contributed by atoms with Gasteiger partial charge in [-0.05, 0) is 38.0 Å². The molecular formula is C41H77N2O9P. The highest BCUT2D eigenvalue weighted by atomic mass is 31.2. The fourth-order valence-electron chi connectivity index (χ4n) is 6.64. The van der Waals surface area contributed by atoms with Gasteiger partial charge in [-0.2, -0.15) is 0 Å². The van der Waals surface area contributed by atoms with E-state index in [4.69, 9.17) is 9.05 Å². The summed E-state index contributed by atoms with van der Waals surface area (Å²) in [6.45, 7) is 4.30. The fourth-order valence-corrected chi connectivity index (χ4v) is 7.37. The number of allylic oxidation sites excluding steroid dienone is 2. The van der Waals surface area contributed by atoms with Crippen molar-refractivity contribution >= 4 is 19.5 Å². The molecule has 1 aliphatic rings. The van der Waals surface area contributed by atoms with Gasteiger partial charge in [0, 0.05) is 18.8 Å². The lowest BCUT2D eigenvalue weighted by molar-refractivity contribution is -0.870. The third kappa shape index (κ3) is 25.4. The Labute approximate surface area is 322 Å². The highest BCUT2D eigenvalue weighted by Crippen LogP contribution is 2.38. The number of phosphoric acid groups is 1. The zero-order chi connectivity index (χ0) is 39.5. The smallest absolute Gasteiger partial charge is 0.268 e. The lowest BCUT2D eigenvalue weighted by Gasteiger charge is -2.29.